The van der Waals surface area contributed by atoms with Gasteiger partial charge in [-0.15, -0.1) is 0 Å². The fraction of sp³-hybridized carbons (Fsp3) is 0.891. The lowest BCUT2D eigenvalue weighted by Gasteiger charge is -2.18. The predicted molar refractivity (Wildman–Crippen MR) is 261 cm³/mol. The highest BCUT2D eigenvalue weighted by Crippen LogP contribution is 2.15. The Morgan fingerprint density at radius 1 is 0.350 bits per heavy atom. The van der Waals surface area contributed by atoms with Crippen LogP contribution in [0, 0.1) is 0 Å². The molecule has 0 spiro atoms. The number of unbranched alkanes of at least 4 members (excludes halogenated alkanes) is 35. The Labute approximate surface area is 375 Å². The Morgan fingerprint density at radius 3 is 1.03 bits per heavy atom. The Bertz CT molecular complexity index is 913. The topological polar surface area (TPSA) is 61.8 Å². The van der Waals surface area contributed by atoms with E-state index in [-0.39, 0.29) is 18.5 Å². The lowest BCUT2D eigenvalue weighted by Crippen LogP contribution is -2.30. The number of hydrogen-bond donors (Lipinski definition) is 0. The summed E-state index contributed by atoms with van der Waals surface area (Å²) in [7, 11) is 0. The molecule has 0 aliphatic carbocycles. The molecule has 0 amide bonds. The van der Waals surface area contributed by atoms with E-state index in [1.165, 1.54) is 212 Å². The summed E-state index contributed by atoms with van der Waals surface area (Å²) in [5, 5.41) is 0. The minimum Gasteiger partial charge on any atom is -0.462 e. The maximum atomic E-state index is 12.8. The quantitative estimate of drug-likeness (QED) is 0.0347. The molecular weight excluding hydrogens is 741 g/mol. The van der Waals surface area contributed by atoms with Crippen molar-refractivity contribution >= 4 is 11.9 Å². The van der Waals surface area contributed by atoms with Gasteiger partial charge in [0.2, 0.25) is 0 Å². The molecule has 5 nitrogen and oxygen atoms in total. The first-order chi connectivity index (χ1) is 29.6. The summed E-state index contributed by atoms with van der Waals surface area (Å²) < 4.78 is 17.4. The van der Waals surface area contributed by atoms with Gasteiger partial charge in [0.15, 0.2) is 6.10 Å². The van der Waals surface area contributed by atoms with Crippen LogP contribution in [-0.4, -0.2) is 37.9 Å². The van der Waals surface area contributed by atoms with Crippen LogP contribution in [0.5, 0.6) is 0 Å². The summed E-state index contributed by atoms with van der Waals surface area (Å²) >= 11 is 0. The van der Waals surface area contributed by atoms with Gasteiger partial charge >= 0.3 is 11.9 Å². The van der Waals surface area contributed by atoms with Crippen LogP contribution in [0.2, 0.25) is 0 Å². The molecule has 60 heavy (non-hydrogen) atoms. The average molecular weight is 845 g/mol. The van der Waals surface area contributed by atoms with Gasteiger partial charge in [-0.3, -0.25) is 9.59 Å². The average Bonchev–Trinajstić information content (AvgIpc) is 3.25. The van der Waals surface area contributed by atoms with E-state index >= 15 is 0 Å². The van der Waals surface area contributed by atoms with Crippen molar-refractivity contribution in [2.75, 3.05) is 19.8 Å². The van der Waals surface area contributed by atoms with E-state index in [4.69, 9.17) is 14.2 Å². The Hall–Kier alpha value is -1.62. The summed E-state index contributed by atoms with van der Waals surface area (Å²) in [5.74, 6) is -0.395. The van der Waals surface area contributed by atoms with E-state index < -0.39 is 6.10 Å². The van der Waals surface area contributed by atoms with E-state index in [1.54, 1.807) is 0 Å². The molecule has 0 aliphatic heterocycles. The summed E-state index contributed by atoms with van der Waals surface area (Å²) in [5.41, 5.74) is 0. The van der Waals surface area contributed by atoms with Gasteiger partial charge in [0.1, 0.15) is 6.61 Å². The minimum atomic E-state index is -0.535. The van der Waals surface area contributed by atoms with Crippen LogP contribution < -0.4 is 0 Å². The zero-order chi connectivity index (χ0) is 43.5. The van der Waals surface area contributed by atoms with Crippen LogP contribution in [0.25, 0.3) is 0 Å². The van der Waals surface area contributed by atoms with Gasteiger partial charge in [0, 0.05) is 19.4 Å². The van der Waals surface area contributed by atoms with E-state index in [0.29, 0.717) is 26.1 Å². The molecule has 5 heteroatoms. The number of rotatable bonds is 50. The lowest BCUT2D eigenvalue weighted by atomic mass is 10.0. The molecule has 0 aromatic carbocycles. The summed E-state index contributed by atoms with van der Waals surface area (Å²) in [6.07, 6.45) is 60.4. The smallest absolute Gasteiger partial charge is 0.306 e. The third-order valence-corrected chi connectivity index (χ3v) is 12.0. The molecule has 0 aromatic heterocycles. The second-order valence-electron chi connectivity index (χ2n) is 18.1. The third-order valence-electron chi connectivity index (χ3n) is 12.0. The van der Waals surface area contributed by atoms with Gasteiger partial charge in [0.05, 0.1) is 6.61 Å². The first-order valence-electron chi connectivity index (χ1n) is 26.9. The predicted octanol–water partition coefficient (Wildman–Crippen LogP) is 18.0. The maximum absolute atomic E-state index is 12.8. The van der Waals surface area contributed by atoms with Crippen molar-refractivity contribution in [3.63, 3.8) is 0 Å². The van der Waals surface area contributed by atoms with Crippen molar-refractivity contribution in [2.45, 2.75) is 297 Å². The van der Waals surface area contributed by atoms with Gasteiger partial charge in [-0.25, -0.2) is 0 Å². The highest BCUT2D eigenvalue weighted by molar-refractivity contribution is 5.70. The minimum absolute atomic E-state index is 0.0862. The van der Waals surface area contributed by atoms with E-state index in [2.05, 4.69) is 45.1 Å². The molecule has 0 saturated heterocycles. The normalized spacial score (nSPS) is 12.2. The number of allylic oxidation sites excluding steroid dienone is 4. The second kappa shape index (κ2) is 51.7. The summed E-state index contributed by atoms with van der Waals surface area (Å²) in [4.78, 5) is 25.4. The zero-order valence-corrected chi connectivity index (χ0v) is 40.7. The number of ether oxygens (including phenoxy) is 3. The molecule has 0 radical (unpaired) electrons. The fourth-order valence-electron chi connectivity index (χ4n) is 7.91. The lowest BCUT2D eigenvalue weighted by molar-refractivity contribution is -0.163. The van der Waals surface area contributed by atoms with E-state index in [0.717, 1.165) is 44.9 Å². The zero-order valence-electron chi connectivity index (χ0n) is 40.7. The number of carbonyl (C=O) groups is 2. The summed E-state index contributed by atoms with van der Waals surface area (Å²) in [6, 6.07) is 0. The van der Waals surface area contributed by atoms with E-state index in [9.17, 15) is 9.59 Å². The van der Waals surface area contributed by atoms with Crippen molar-refractivity contribution in [2.24, 2.45) is 0 Å². The highest BCUT2D eigenvalue weighted by Gasteiger charge is 2.17. The van der Waals surface area contributed by atoms with Crippen molar-refractivity contribution in [1.82, 2.24) is 0 Å². The van der Waals surface area contributed by atoms with Gasteiger partial charge in [-0.05, 0) is 70.6 Å². The van der Waals surface area contributed by atoms with Gasteiger partial charge in [0.25, 0.3) is 0 Å². The molecule has 0 rings (SSSR count). The molecule has 0 saturated carbocycles. The highest BCUT2D eigenvalue weighted by atomic mass is 16.6. The Balaban J connectivity index is 4.22. The summed E-state index contributed by atoms with van der Waals surface area (Å²) in [6.45, 7) is 7.85. The van der Waals surface area contributed by atoms with Crippen molar-refractivity contribution < 1.29 is 23.8 Å². The van der Waals surface area contributed by atoms with Crippen LogP contribution in [0.3, 0.4) is 0 Å². The molecular formula is C55H104O5. The van der Waals surface area contributed by atoms with Crippen LogP contribution in [0.4, 0.5) is 0 Å². The van der Waals surface area contributed by atoms with Gasteiger partial charge < -0.3 is 14.2 Å². The molecule has 1 unspecified atom stereocenters. The van der Waals surface area contributed by atoms with Crippen molar-refractivity contribution in [1.29, 1.82) is 0 Å². The molecule has 0 aromatic rings. The van der Waals surface area contributed by atoms with Gasteiger partial charge in [-0.2, -0.15) is 0 Å². The molecule has 354 valence electrons. The third kappa shape index (κ3) is 49.0. The first kappa shape index (κ1) is 58.4. The fourth-order valence-corrected chi connectivity index (χ4v) is 7.91. The Morgan fingerprint density at radius 2 is 0.650 bits per heavy atom. The number of esters is 2. The number of carbonyl (C=O) groups excluding carboxylic acids is 2. The largest absolute Gasteiger partial charge is 0.462 e. The molecule has 1 atom stereocenters. The number of hydrogen-bond acceptors (Lipinski definition) is 5. The van der Waals surface area contributed by atoms with E-state index in [1.807, 2.05) is 0 Å². The second-order valence-corrected chi connectivity index (χ2v) is 18.1. The van der Waals surface area contributed by atoms with Crippen molar-refractivity contribution in [3.8, 4) is 0 Å². The first-order valence-corrected chi connectivity index (χ1v) is 26.9. The molecule has 0 fully saturated rings. The molecule has 0 aliphatic rings. The van der Waals surface area contributed by atoms with Crippen LogP contribution >= 0.6 is 0 Å². The van der Waals surface area contributed by atoms with Crippen molar-refractivity contribution in [3.05, 3.63) is 24.3 Å². The molecule has 0 heterocycles. The molecule has 0 N–H and O–H groups in total. The maximum Gasteiger partial charge on any atom is 0.306 e. The van der Waals surface area contributed by atoms with Gasteiger partial charge in [-0.1, -0.05) is 231 Å². The van der Waals surface area contributed by atoms with Crippen LogP contribution in [-0.2, 0) is 23.8 Å². The monoisotopic (exact) mass is 845 g/mol. The SMILES string of the molecule is CCCCCC/C=C\CCCCCCCC(=O)OC(COCCCCCCCCCCCCCCCC)COC(=O)CCCCCCCCC/C=C\CCCCCCCC. The van der Waals surface area contributed by atoms with Crippen LogP contribution in [0.1, 0.15) is 290 Å². The molecule has 0 bridgehead atoms. The van der Waals surface area contributed by atoms with Crippen LogP contribution in [0.15, 0.2) is 24.3 Å². The standard InChI is InChI=1S/C55H104O5/c1-4-7-10-13-16-19-22-25-27-28-29-31-33-36-39-42-45-48-54(56)59-52-53(51-58-50-47-44-41-38-35-32-26-23-20-17-14-11-8-5-2)60-55(57)49-46-43-40-37-34-30-24-21-18-15-12-9-6-3/h21,24-25,27,53H,4-20,22-23,26,28-52H2,1-3H3/b24-21-,27-25-. The Kier molecular flexibility index (Phi) is 50.3.